The second kappa shape index (κ2) is 7.35. The molecule has 7 heteroatoms. The molecule has 1 aromatic rings. The highest BCUT2D eigenvalue weighted by atomic mass is 127. The van der Waals surface area contributed by atoms with Crippen LogP contribution in [0.5, 0.6) is 0 Å². The number of halogens is 2. The minimum atomic E-state index is 0.164. The number of hydrogen-bond donors (Lipinski definition) is 2. The van der Waals surface area contributed by atoms with Crippen LogP contribution in [-0.2, 0) is 4.18 Å². The highest BCUT2D eigenvalue weighted by Gasteiger charge is 2.28. The minimum absolute atomic E-state index is 0.164. The average molecular weight is 458 g/mol. The molecule has 106 valence electrons. The summed E-state index contributed by atoms with van der Waals surface area (Å²) in [5.41, 5.74) is 8.31. The zero-order chi connectivity index (χ0) is 13.8. The van der Waals surface area contributed by atoms with Crippen LogP contribution in [0.2, 0.25) is 0 Å². The number of fused-ring (bicyclic) bond motifs is 1. The molecule has 2 rings (SSSR count). The van der Waals surface area contributed by atoms with E-state index in [9.17, 15) is 0 Å². The van der Waals surface area contributed by atoms with E-state index in [0.717, 1.165) is 23.1 Å². The van der Waals surface area contributed by atoms with Crippen molar-refractivity contribution < 1.29 is 4.18 Å². The number of nitrogens with one attached hydrogen (secondary N) is 1. The second-order valence-electron chi connectivity index (χ2n) is 4.61. The van der Waals surface area contributed by atoms with Crippen molar-refractivity contribution in [3.8, 4) is 0 Å². The van der Waals surface area contributed by atoms with E-state index in [2.05, 4.69) is 65.6 Å². The molecule has 0 saturated carbocycles. The zero-order valence-corrected chi connectivity index (χ0v) is 15.2. The number of rotatable bonds is 6. The van der Waals surface area contributed by atoms with Crippen LogP contribution in [0.3, 0.4) is 0 Å². The maximum absolute atomic E-state index is 5.94. The molecule has 1 aliphatic rings. The van der Waals surface area contributed by atoms with Crippen molar-refractivity contribution in [2.45, 2.75) is 25.6 Å². The molecule has 0 fully saturated rings. The van der Waals surface area contributed by atoms with Gasteiger partial charge in [0.1, 0.15) is 6.17 Å². The standard InChI is InChI=1S/C12H17BrIN3OS/c1-8(15)6-12-16-10-7-9(13)2-3-11(10)17(12)4-5-18-19-14/h2-3,7-8,12,16H,4-6,15H2,1H3. The average Bonchev–Trinajstić information content (AvgIpc) is 2.66. The van der Waals surface area contributed by atoms with Crippen molar-refractivity contribution in [3.63, 3.8) is 0 Å². The van der Waals surface area contributed by atoms with Crippen molar-refractivity contribution in [2.24, 2.45) is 5.73 Å². The molecular weight excluding hydrogens is 441 g/mol. The highest BCUT2D eigenvalue weighted by molar-refractivity contribution is 14.2. The monoisotopic (exact) mass is 457 g/mol. The molecule has 0 bridgehead atoms. The van der Waals surface area contributed by atoms with Crippen LogP contribution in [0, 0.1) is 0 Å². The third kappa shape index (κ3) is 4.13. The van der Waals surface area contributed by atoms with Crippen LogP contribution < -0.4 is 16.0 Å². The van der Waals surface area contributed by atoms with E-state index >= 15 is 0 Å². The third-order valence-electron chi connectivity index (χ3n) is 3.02. The van der Waals surface area contributed by atoms with E-state index in [1.165, 1.54) is 14.9 Å². The summed E-state index contributed by atoms with van der Waals surface area (Å²) in [6, 6.07) is 6.47. The summed E-state index contributed by atoms with van der Waals surface area (Å²) in [5.74, 6) is 0. The lowest BCUT2D eigenvalue weighted by Gasteiger charge is -2.27. The van der Waals surface area contributed by atoms with Gasteiger partial charge in [-0.1, -0.05) is 15.9 Å². The molecule has 0 aromatic heterocycles. The van der Waals surface area contributed by atoms with Crippen molar-refractivity contribution in [1.29, 1.82) is 0 Å². The number of benzene rings is 1. The Hall–Kier alpha value is 0.300. The van der Waals surface area contributed by atoms with Gasteiger partial charge >= 0.3 is 0 Å². The molecule has 0 aliphatic carbocycles. The topological polar surface area (TPSA) is 50.5 Å². The molecular formula is C12H17BrIN3OS. The van der Waals surface area contributed by atoms with Crippen molar-refractivity contribution in [2.75, 3.05) is 23.4 Å². The van der Waals surface area contributed by atoms with Gasteiger partial charge in [0.2, 0.25) is 0 Å². The Kier molecular flexibility index (Phi) is 6.07. The van der Waals surface area contributed by atoms with Gasteiger partial charge in [0.15, 0.2) is 0 Å². The molecule has 19 heavy (non-hydrogen) atoms. The Labute approximate surface area is 138 Å². The van der Waals surface area contributed by atoms with Gasteiger partial charge in [-0.3, -0.25) is 0 Å². The van der Waals surface area contributed by atoms with E-state index in [1.54, 1.807) is 0 Å². The summed E-state index contributed by atoms with van der Waals surface area (Å²) in [6.45, 7) is 3.59. The largest absolute Gasteiger partial charge is 0.363 e. The number of nitrogens with zero attached hydrogens (tertiary/aromatic N) is 1. The minimum Gasteiger partial charge on any atom is -0.363 e. The normalized spacial score (nSPS) is 19.2. The Balaban J connectivity index is 2.13. The molecule has 2 unspecified atom stereocenters. The van der Waals surface area contributed by atoms with E-state index in [0.29, 0.717) is 6.61 Å². The first kappa shape index (κ1) is 15.7. The van der Waals surface area contributed by atoms with Crippen molar-refractivity contribution in [1.82, 2.24) is 0 Å². The molecule has 0 spiro atoms. The summed E-state index contributed by atoms with van der Waals surface area (Å²) in [5, 5.41) is 3.54. The fraction of sp³-hybridized carbons (Fsp3) is 0.500. The number of anilines is 2. The van der Waals surface area contributed by atoms with Crippen molar-refractivity contribution in [3.05, 3.63) is 22.7 Å². The van der Waals surface area contributed by atoms with Gasteiger partial charge in [-0.05, 0) is 25.1 Å². The van der Waals surface area contributed by atoms with Gasteiger partial charge in [-0.15, -0.1) is 0 Å². The molecule has 1 aromatic carbocycles. The highest BCUT2D eigenvalue weighted by Crippen LogP contribution is 2.37. The van der Waals surface area contributed by atoms with Gasteiger partial charge in [-0.25, -0.2) is 0 Å². The van der Waals surface area contributed by atoms with Crippen molar-refractivity contribution >= 4 is 57.7 Å². The Morgan fingerprint density at radius 3 is 3.11 bits per heavy atom. The summed E-state index contributed by atoms with van der Waals surface area (Å²) in [7, 11) is 1.37. The molecule has 0 amide bonds. The van der Waals surface area contributed by atoms with Crippen LogP contribution in [0.15, 0.2) is 22.7 Å². The molecule has 1 heterocycles. The number of hydrogen-bond acceptors (Lipinski definition) is 5. The zero-order valence-electron chi connectivity index (χ0n) is 10.6. The van der Waals surface area contributed by atoms with E-state index in [1.807, 2.05) is 6.92 Å². The van der Waals surface area contributed by atoms with Crippen LogP contribution >= 0.6 is 46.3 Å². The summed E-state index contributed by atoms with van der Waals surface area (Å²) >= 11 is 5.64. The molecule has 0 saturated heterocycles. The second-order valence-corrected chi connectivity index (χ2v) is 6.97. The maximum atomic E-state index is 5.94. The summed E-state index contributed by atoms with van der Waals surface area (Å²) in [4.78, 5) is 2.33. The first-order valence-electron chi connectivity index (χ1n) is 6.10. The van der Waals surface area contributed by atoms with Crippen LogP contribution in [0.1, 0.15) is 13.3 Å². The van der Waals surface area contributed by atoms with Gasteiger partial charge in [-0.2, -0.15) is 0 Å². The predicted octanol–water partition coefficient (Wildman–Crippen LogP) is 3.76. The smallest absolute Gasteiger partial charge is 0.101 e. The van der Waals surface area contributed by atoms with E-state index in [4.69, 9.17) is 9.92 Å². The fourth-order valence-electron chi connectivity index (χ4n) is 2.28. The molecule has 4 nitrogen and oxygen atoms in total. The first-order chi connectivity index (χ1) is 9.11. The van der Waals surface area contributed by atoms with E-state index < -0.39 is 0 Å². The molecule has 3 N–H and O–H groups in total. The Bertz CT molecular complexity index is 435. The first-order valence-corrected chi connectivity index (χ1v) is 10.2. The molecule has 2 atom stereocenters. The van der Waals surface area contributed by atoms with E-state index in [-0.39, 0.29) is 12.2 Å². The summed E-state index contributed by atoms with van der Waals surface area (Å²) in [6.07, 6.45) is 1.15. The lowest BCUT2D eigenvalue weighted by atomic mass is 10.2. The molecule has 0 radical (unpaired) electrons. The third-order valence-corrected chi connectivity index (χ3v) is 4.53. The van der Waals surface area contributed by atoms with Gasteiger partial charge < -0.3 is 20.1 Å². The SMILES string of the molecule is CC(N)CC1Nc2cc(Br)ccc2N1CCOSI. The Morgan fingerprint density at radius 1 is 1.63 bits per heavy atom. The molecule has 1 aliphatic heterocycles. The van der Waals surface area contributed by atoms with Gasteiger partial charge in [0.25, 0.3) is 0 Å². The quantitative estimate of drug-likeness (QED) is 0.387. The van der Waals surface area contributed by atoms with Crippen LogP contribution in [0.25, 0.3) is 0 Å². The van der Waals surface area contributed by atoms with Gasteiger partial charge in [0, 0.05) is 44.7 Å². The predicted molar refractivity (Wildman–Crippen MR) is 94.7 cm³/mol. The lowest BCUT2D eigenvalue weighted by molar-refractivity contribution is 0.378. The fourth-order valence-corrected chi connectivity index (χ4v) is 3.32. The van der Waals surface area contributed by atoms with Crippen LogP contribution in [-0.4, -0.2) is 25.4 Å². The number of nitrogens with two attached hydrogens (primary N) is 1. The Morgan fingerprint density at radius 2 is 2.42 bits per heavy atom. The lowest BCUT2D eigenvalue weighted by Crippen LogP contribution is -2.41. The van der Waals surface area contributed by atoms with Crippen LogP contribution in [0.4, 0.5) is 11.4 Å². The summed E-state index contributed by atoms with van der Waals surface area (Å²) < 4.78 is 6.46. The maximum Gasteiger partial charge on any atom is 0.101 e. The van der Waals surface area contributed by atoms with Gasteiger partial charge in [0.05, 0.1) is 27.2 Å².